The van der Waals surface area contributed by atoms with Crippen molar-refractivity contribution in [2.24, 2.45) is 5.73 Å². The molecule has 3 heteroatoms. The zero-order valence-corrected chi connectivity index (χ0v) is 9.18. The summed E-state index contributed by atoms with van der Waals surface area (Å²) in [5.74, 6) is 0. The molecule has 0 amide bonds. The summed E-state index contributed by atoms with van der Waals surface area (Å²) in [6.07, 6.45) is 7.60. The molecule has 1 heterocycles. The standard InChI is InChI=1S/C12H18N2O/c1-8(13)11-10-6-4-2-3-5-9(10)7-14-12(11)15/h7-8H,2-6,13H2,1H3,(H,14,15)/t8-/m0/s1. The van der Waals surface area contributed by atoms with Crippen molar-refractivity contribution in [2.75, 3.05) is 0 Å². The molecular weight excluding hydrogens is 188 g/mol. The molecule has 2 rings (SSSR count). The van der Waals surface area contributed by atoms with Crippen LogP contribution in [0, 0.1) is 0 Å². The van der Waals surface area contributed by atoms with Gasteiger partial charge in [0, 0.05) is 17.8 Å². The van der Waals surface area contributed by atoms with Crippen LogP contribution < -0.4 is 11.3 Å². The van der Waals surface area contributed by atoms with Gasteiger partial charge in [-0.3, -0.25) is 4.79 Å². The maximum atomic E-state index is 11.7. The van der Waals surface area contributed by atoms with Crippen LogP contribution in [-0.4, -0.2) is 4.98 Å². The Labute approximate surface area is 89.7 Å². The molecule has 0 saturated heterocycles. The van der Waals surface area contributed by atoms with E-state index in [9.17, 15) is 4.79 Å². The average molecular weight is 206 g/mol. The van der Waals surface area contributed by atoms with E-state index in [1.54, 1.807) is 0 Å². The van der Waals surface area contributed by atoms with E-state index in [0.717, 1.165) is 18.4 Å². The number of hydrogen-bond donors (Lipinski definition) is 2. The van der Waals surface area contributed by atoms with Gasteiger partial charge in [-0.05, 0) is 43.7 Å². The fourth-order valence-corrected chi connectivity index (χ4v) is 2.42. The Kier molecular flexibility index (Phi) is 2.91. The highest BCUT2D eigenvalue weighted by Crippen LogP contribution is 2.23. The maximum absolute atomic E-state index is 11.7. The largest absolute Gasteiger partial charge is 0.329 e. The quantitative estimate of drug-likeness (QED) is 0.686. The summed E-state index contributed by atoms with van der Waals surface area (Å²) >= 11 is 0. The first-order valence-corrected chi connectivity index (χ1v) is 5.69. The molecule has 0 radical (unpaired) electrons. The lowest BCUT2D eigenvalue weighted by atomic mass is 9.96. The summed E-state index contributed by atoms with van der Waals surface area (Å²) in [4.78, 5) is 14.5. The Morgan fingerprint density at radius 2 is 2.07 bits per heavy atom. The first-order chi connectivity index (χ1) is 7.20. The molecule has 0 saturated carbocycles. The SMILES string of the molecule is C[C@H](N)c1c2c(c[nH]c1=O)CCCCC2. The molecule has 1 aliphatic carbocycles. The van der Waals surface area contributed by atoms with Crippen molar-refractivity contribution in [3.63, 3.8) is 0 Å². The Morgan fingerprint density at radius 3 is 2.80 bits per heavy atom. The van der Waals surface area contributed by atoms with Crippen LogP contribution in [0.15, 0.2) is 11.0 Å². The van der Waals surface area contributed by atoms with Crippen molar-refractivity contribution in [3.05, 3.63) is 33.2 Å². The number of aromatic nitrogens is 1. The lowest BCUT2D eigenvalue weighted by Gasteiger charge is -2.13. The third-order valence-corrected chi connectivity index (χ3v) is 3.16. The van der Waals surface area contributed by atoms with Gasteiger partial charge in [-0.1, -0.05) is 6.42 Å². The van der Waals surface area contributed by atoms with Crippen LogP contribution in [-0.2, 0) is 12.8 Å². The average Bonchev–Trinajstić information content (AvgIpc) is 2.41. The maximum Gasteiger partial charge on any atom is 0.252 e. The van der Waals surface area contributed by atoms with E-state index in [1.165, 1.54) is 30.4 Å². The number of aromatic amines is 1. The first kappa shape index (κ1) is 10.4. The summed E-state index contributed by atoms with van der Waals surface area (Å²) in [6.45, 7) is 1.88. The highest BCUT2D eigenvalue weighted by molar-refractivity contribution is 5.34. The van der Waals surface area contributed by atoms with Crippen LogP contribution in [0.5, 0.6) is 0 Å². The fourth-order valence-electron chi connectivity index (χ4n) is 2.42. The number of rotatable bonds is 1. The lowest BCUT2D eigenvalue weighted by Crippen LogP contribution is -2.23. The summed E-state index contributed by atoms with van der Waals surface area (Å²) in [7, 11) is 0. The van der Waals surface area contributed by atoms with E-state index in [2.05, 4.69) is 4.98 Å². The minimum atomic E-state index is -0.165. The highest BCUT2D eigenvalue weighted by Gasteiger charge is 2.17. The Bertz CT molecular complexity index is 407. The van der Waals surface area contributed by atoms with Gasteiger partial charge in [-0.25, -0.2) is 0 Å². The molecular formula is C12H18N2O. The topological polar surface area (TPSA) is 58.9 Å². The molecule has 0 fully saturated rings. The smallest absolute Gasteiger partial charge is 0.252 e. The summed E-state index contributed by atoms with van der Waals surface area (Å²) in [5, 5.41) is 0. The molecule has 15 heavy (non-hydrogen) atoms. The van der Waals surface area contributed by atoms with Crippen LogP contribution in [0.25, 0.3) is 0 Å². The van der Waals surface area contributed by atoms with Crippen molar-refractivity contribution in [1.29, 1.82) is 0 Å². The molecule has 1 atom stereocenters. The Balaban J connectivity index is 2.57. The van der Waals surface area contributed by atoms with Crippen molar-refractivity contribution < 1.29 is 0 Å². The van der Waals surface area contributed by atoms with Crippen LogP contribution in [0.1, 0.15) is 48.9 Å². The fraction of sp³-hybridized carbons (Fsp3) is 0.583. The van der Waals surface area contributed by atoms with Gasteiger partial charge >= 0.3 is 0 Å². The predicted octanol–water partition coefficient (Wildman–Crippen LogP) is 1.66. The second kappa shape index (κ2) is 4.19. The van der Waals surface area contributed by atoms with E-state index in [0.29, 0.717) is 0 Å². The van der Waals surface area contributed by atoms with E-state index in [-0.39, 0.29) is 11.6 Å². The normalized spacial score (nSPS) is 18.0. The molecule has 3 nitrogen and oxygen atoms in total. The zero-order chi connectivity index (χ0) is 10.8. The number of nitrogens with one attached hydrogen (secondary N) is 1. The third-order valence-electron chi connectivity index (χ3n) is 3.16. The van der Waals surface area contributed by atoms with Gasteiger partial charge in [0.25, 0.3) is 5.56 Å². The number of nitrogens with two attached hydrogens (primary N) is 1. The zero-order valence-electron chi connectivity index (χ0n) is 9.18. The number of aryl methyl sites for hydroxylation is 1. The number of H-pyrrole nitrogens is 1. The Morgan fingerprint density at radius 1 is 1.33 bits per heavy atom. The molecule has 0 bridgehead atoms. The molecule has 0 aromatic carbocycles. The van der Waals surface area contributed by atoms with Crippen molar-refractivity contribution in [2.45, 2.75) is 45.1 Å². The molecule has 0 aliphatic heterocycles. The molecule has 3 N–H and O–H groups in total. The molecule has 0 spiro atoms. The van der Waals surface area contributed by atoms with Crippen molar-refractivity contribution in [1.82, 2.24) is 4.98 Å². The lowest BCUT2D eigenvalue weighted by molar-refractivity contribution is 0.706. The monoisotopic (exact) mass is 206 g/mol. The van der Waals surface area contributed by atoms with E-state index in [4.69, 9.17) is 5.73 Å². The minimum Gasteiger partial charge on any atom is -0.329 e. The second-order valence-corrected chi connectivity index (χ2v) is 4.38. The molecule has 1 aliphatic rings. The third kappa shape index (κ3) is 1.97. The van der Waals surface area contributed by atoms with Gasteiger partial charge in [0.2, 0.25) is 0 Å². The van der Waals surface area contributed by atoms with Gasteiger partial charge < -0.3 is 10.7 Å². The number of fused-ring (bicyclic) bond motifs is 1. The summed E-state index contributed by atoms with van der Waals surface area (Å²) < 4.78 is 0. The first-order valence-electron chi connectivity index (χ1n) is 5.69. The van der Waals surface area contributed by atoms with Crippen LogP contribution >= 0.6 is 0 Å². The van der Waals surface area contributed by atoms with E-state index >= 15 is 0 Å². The number of hydrogen-bond acceptors (Lipinski definition) is 2. The second-order valence-electron chi connectivity index (χ2n) is 4.38. The molecule has 1 aromatic rings. The van der Waals surface area contributed by atoms with Gasteiger partial charge in [-0.15, -0.1) is 0 Å². The van der Waals surface area contributed by atoms with Gasteiger partial charge in [-0.2, -0.15) is 0 Å². The van der Waals surface area contributed by atoms with Crippen molar-refractivity contribution >= 4 is 0 Å². The molecule has 0 unspecified atom stereocenters. The van der Waals surface area contributed by atoms with Crippen LogP contribution in [0.3, 0.4) is 0 Å². The molecule has 82 valence electrons. The summed E-state index contributed by atoms with van der Waals surface area (Å²) in [6, 6.07) is -0.165. The van der Waals surface area contributed by atoms with Crippen LogP contribution in [0.4, 0.5) is 0 Å². The van der Waals surface area contributed by atoms with Crippen molar-refractivity contribution in [3.8, 4) is 0 Å². The van der Waals surface area contributed by atoms with E-state index < -0.39 is 0 Å². The summed E-state index contributed by atoms with van der Waals surface area (Å²) in [5.41, 5.74) is 9.17. The predicted molar refractivity (Wildman–Crippen MR) is 60.9 cm³/mol. The van der Waals surface area contributed by atoms with Crippen LogP contribution in [0.2, 0.25) is 0 Å². The van der Waals surface area contributed by atoms with Gasteiger partial charge in [0.05, 0.1) is 0 Å². The highest BCUT2D eigenvalue weighted by atomic mass is 16.1. The molecule has 1 aromatic heterocycles. The minimum absolute atomic E-state index is 0.00866. The number of pyridine rings is 1. The van der Waals surface area contributed by atoms with Gasteiger partial charge in [0.1, 0.15) is 0 Å². The Hall–Kier alpha value is -1.09. The van der Waals surface area contributed by atoms with Gasteiger partial charge in [0.15, 0.2) is 0 Å². The van der Waals surface area contributed by atoms with E-state index in [1.807, 2.05) is 13.1 Å².